The largest absolute Gasteiger partial charge is 0.317 e. The smallest absolute Gasteiger partial charge is 0.294 e. The van der Waals surface area contributed by atoms with E-state index in [2.05, 4.69) is 31.1 Å². The molecule has 0 aliphatic rings. The Morgan fingerprint density at radius 3 is 2.67 bits per heavy atom. The SMILES string of the molecule is O=c1[nH]c2cc(Br)ccc2n2c(-c3ccccc3)nnc12. The van der Waals surface area contributed by atoms with Crippen LogP contribution in [0.25, 0.3) is 28.1 Å². The van der Waals surface area contributed by atoms with E-state index in [4.69, 9.17) is 0 Å². The number of aromatic amines is 1. The maximum atomic E-state index is 12.2. The van der Waals surface area contributed by atoms with Crippen molar-refractivity contribution in [2.45, 2.75) is 0 Å². The number of fused-ring (bicyclic) bond motifs is 3. The maximum Gasteiger partial charge on any atom is 0.294 e. The highest BCUT2D eigenvalue weighted by atomic mass is 79.9. The average molecular weight is 341 g/mol. The van der Waals surface area contributed by atoms with Crippen molar-refractivity contribution in [3.8, 4) is 11.4 Å². The lowest BCUT2D eigenvalue weighted by Gasteiger charge is -2.05. The number of hydrogen-bond donors (Lipinski definition) is 1. The van der Waals surface area contributed by atoms with Crippen molar-refractivity contribution in [2.75, 3.05) is 0 Å². The van der Waals surface area contributed by atoms with Crippen LogP contribution in [-0.2, 0) is 0 Å². The summed E-state index contributed by atoms with van der Waals surface area (Å²) in [5.74, 6) is 0.657. The summed E-state index contributed by atoms with van der Waals surface area (Å²) in [6.07, 6.45) is 0. The first-order valence-electron chi connectivity index (χ1n) is 6.36. The summed E-state index contributed by atoms with van der Waals surface area (Å²) in [5, 5.41) is 8.20. The van der Waals surface area contributed by atoms with E-state index in [1.165, 1.54) is 0 Å². The summed E-state index contributed by atoms with van der Waals surface area (Å²) in [5.41, 5.74) is 2.55. The van der Waals surface area contributed by atoms with Gasteiger partial charge in [-0.15, -0.1) is 10.2 Å². The molecule has 0 spiro atoms. The maximum absolute atomic E-state index is 12.2. The first-order valence-corrected chi connectivity index (χ1v) is 7.15. The molecule has 2 aromatic carbocycles. The molecule has 2 heterocycles. The summed E-state index contributed by atoms with van der Waals surface area (Å²) in [6.45, 7) is 0. The van der Waals surface area contributed by atoms with Crippen molar-refractivity contribution in [3.63, 3.8) is 0 Å². The fourth-order valence-corrected chi connectivity index (χ4v) is 2.78. The molecule has 5 nitrogen and oxygen atoms in total. The number of hydrogen-bond acceptors (Lipinski definition) is 3. The van der Waals surface area contributed by atoms with Gasteiger partial charge in [0.05, 0.1) is 11.0 Å². The minimum absolute atomic E-state index is 0.254. The number of aromatic nitrogens is 4. The van der Waals surface area contributed by atoms with E-state index >= 15 is 0 Å². The van der Waals surface area contributed by atoms with Crippen molar-refractivity contribution >= 4 is 32.6 Å². The fraction of sp³-hybridized carbons (Fsp3) is 0. The first kappa shape index (κ1) is 12.3. The average Bonchev–Trinajstić information content (AvgIpc) is 2.93. The van der Waals surface area contributed by atoms with Gasteiger partial charge < -0.3 is 4.98 Å². The fourth-order valence-electron chi connectivity index (χ4n) is 2.42. The molecule has 0 aliphatic heterocycles. The van der Waals surface area contributed by atoms with Crippen molar-refractivity contribution in [3.05, 3.63) is 63.4 Å². The Kier molecular flexibility index (Phi) is 2.65. The van der Waals surface area contributed by atoms with Gasteiger partial charge in [-0.2, -0.15) is 0 Å². The van der Waals surface area contributed by atoms with E-state index in [0.29, 0.717) is 11.5 Å². The monoisotopic (exact) mass is 340 g/mol. The quantitative estimate of drug-likeness (QED) is 0.579. The van der Waals surface area contributed by atoms with Crippen LogP contribution in [0.1, 0.15) is 0 Å². The molecule has 0 aliphatic carbocycles. The number of H-pyrrole nitrogens is 1. The lowest BCUT2D eigenvalue weighted by Crippen LogP contribution is -2.11. The van der Waals surface area contributed by atoms with Gasteiger partial charge in [-0.3, -0.25) is 9.20 Å². The van der Waals surface area contributed by atoms with Gasteiger partial charge in [0.15, 0.2) is 5.82 Å². The van der Waals surface area contributed by atoms with Crippen LogP contribution >= 0.6 is 15.9 Å². The molecule has 0 unspecified atom stereocenters. The lowest BCUT2D eigenvalue weighted by molar-refractivity contribution is 1.11. The van der Waals surface area contributed by atoms with Crippen LogP contribution in [0.4, 0.5) is 0 Å². The third-order valence-corrected chi connectivity index (χ3v) is 3.84. The minimum Gasteiger partial charge on any atom is -0.317 e. The van der Waals surface area contributed by atoms with Crippen LogP contribution in [-0.4, -0.2) is 19.6 Å². The van der Waals surface area contributed by atoms with E-state index in [1.54, 1.807) is 4.40 Å². The minimum atomic E-state index is -0.254. The zero-order valence-electron chi connectivity index (χ0n) is 10.7. The van der Waals surface area contributed by atoms with Gasteiger partial charge in [0, 0.05) is 10.0 Å². The molecular formula is C15H9BrN4O. The Balaban J connectivity index is 2.20. The Morgan fingerprint density at radius 1 is 1.05 bits per heavy atom. The van der Waals surface area contributed by atoms with E-state index in [0.717, 1.165) is 21.1 Å². The molecule has 0 bridgehead atoms. The zero-order chi connectivity index (χ0) is 14.4. The van der Waals surface area contributed by atoms with Crippen molar-refractivity contribution in [1.29, 1.82) is 0 Å². The molecule has 0 saturated heterocycles. The highest BCUT2D eigenvalue weighted by molar-refractivity contribution is 9.10. The van der Waals surface area contributed by atoms with Gasteiger partial charge in [-0.1, -0.05) is 46.3 Å². The van der Waals surface area contributed by atoms with E-state index in [1.807, 2.05) is 48.5 Å². The highest BCUT2D eigenvalue weighted by Crippen LogP contribution is 2.23. The van der Waals surface area contributed by atoms with Gasteiger partial charge in [0.2, 0.25) is 5.65 Å². The number of benzene rings is 2. The summed E-state index contributed by atoms with van der Waals surface area (Å²) in [7, 11) is 0. The molecule has 0 fully saturated rings. The Labute approximate surface area is 127 Å². The zero-order valence-corrected chi connectivity index (χ0v) is 12.3. The first-order chi connectivity index (χ1) is 10.2. The van der Waals surface area contributed by atoms with Crippen molar-refractivity contribution in [1.82, 2.24) is 19.6 Å². The molecule has 102 valence electrons. The van der Waals surface area contributed by atoms with Gasteiger partial charge in [0.25, 0.3) is 5.56 Å². The predicted octanol–water partition coefficient (Wildman–Crippen LogP) is 3.00. The Morgan fingerprint density at radius 2 is 1.86 bits per heavy atom. The second-order valence-corrected chi connectivity index (χ2v) is 5.58. The summed E-state index contributed by atoms with van der Waals surface area (Å²) >= 11 is 3.41. The standard InChI is InChI=1S/C15H9BrN4O/c16-10-6-7-12-11(8-10)17-15(21)14-19-18-13(20(12)14)9-4-2-1-3-5-9/h1-8H,(H,17,21). The second kappa shape index (κ2) is 4.53. The van der Waals surface area contributed by atoms with Gasteiger partial charge in [0.1, 0.15) is 0 Å². The summed E-state index contributed by atoms with van der Waals surface area (Å²) in [4.78, 5) is 15.0. The molecule has 4 rings (SSSR count). The van der Waals surface area contributed by atoms with Crippen molar-refractivity contribution < 1.29 is 0 Å². The molecule has 0 atom stereocenters. The molecule has 21 heavy (non-hydrogen) atoms. The normalized spacial score (nSPS) is 11.3. The third-order valence-electron chi connectivity index (χ3n) is 3.35. The second-order valence-electron chi connectivity index (χ2n) is 4.66. The van der Waals surface area contributed by atoms with Gasteiger partial charge >= 0.3 is 0 Å². The number of nitrogens with zero attached hydrogens (tertiary/aromatic N) is 3. The van der Waals surface area contributed by atoms with E-state index in [9.17, 15) is 4.79 Å². The van der Waals surface area contributed by atoms with Crippen LogP contribution in [0, 0.1) is 0 Å². The molecule has 0 saturated carbocycles. The molecule has 4 aromatic rings. The Bertz CT molecular complexity index is 1020. The summed E-state index contributed by atoms with van der Waals surface area (Å²) in [6, 6.07) is 15.4. The van der Waals surface area contributed by atoms with Gasteiger partial charge in [-0.05, 0) is 18.2 Å². The van der Waals surface area contributed by atoms with Gasteiger partial charge in [-0.25, -0.2) is 0 Å². The number of halogens is 1. The van der Waals surface area contributed by atoms with Crippen LogP contribution < -0.4 is 5.56 Å². The van der Waals surface area contributed by atoms with Crippen LogP contribution in [0.3, 0.4) is 0 Å². The molecular weight excluding hydrogens is 332 g/mol. The Hall–Kier alpha value is -2.47. The van der Waals surface area contributed by atoms with Crippen molar-refractivity contribution in [2.24, 2.45) is 0 Å². The third kappa shape index (κ3) is 1.87. The molecule has 6 heteroatoms. The van der Waals surface area contributed by atoms with Crippen LogP contribution in [0.15, 0.2) is 57.8 Å². The molecule has 0 amide bonds. The molecule has 2 aromatic heterocycles. The lowest BCUT2D eigenvalue weighted by atomic mass is 10.2. The predicted molar refractivity (Wildman–Crippen MR) is 84.2 cm³/mol. The van der Waals surface area contributed by atoms with E-state index in [-0.39, 0.29) is 5.56 Å². The van der Waals surface area contributed by atoms with Crippen LogP contribution in [0.2, 0.25) is 0 Å². The summed E-state index contributed by atoms with van der Waals surface area (Å²) < 4.78 is 2.69. The highest BCUT2D eigenvalue weighted by Gasteiger charge is 2.13. The molecule has 1 N–H and O–H groups in total. The number of rotatable bonds is 1. The number of nitrogens with one attached hydrogen (secondary N) is 1. The van der Waals surface area contributed by atoms with E-state index < -0.39 is 0 Å². The topological polar surface area (TPSA) is 63.0 Å². The van der Waals surface area contributed by atoms with Crippen LogP contribution in [0.5, 0.6) is 0 Å². The molecule has 0 radical (unpaired) electrons.